The second kappa shape index (κ2) is 4.97. The van der Waals surface area contributed by atoms with Crippen LogP contribution in [-0.2, 0) is 0 Å². The molecule has 19 heavy (non-hydrogen) atoms. The maximum Gasteiger partial charge on any atom is 0.430 e. The highest BCUT2D eigenvalue weighted by atomic mass is 19.4. The number of dihydropyridines is 1. The molecule has 0 amide bonds. The van der Waals surface area contributed by atoms with Crippen LogP contribution in [0.1, 0.15) is 5.56 Å². The Morgan fingerprint density at radius 3 is 2.32 bits per heavy atom. The third-order valence-electron chi connectivity index (χ3n) is 2.82. The number of hydrogen-bond donors (Lipinski definition) is 2. The van der Waals surface area contributed by atoms with Gasteiger partial charge in [-0.05, 0) is 29.3 Å². The summed E-state index contributed by atoms with van der Waals surface area (Å²) < 4.78 is 42.6. The van der Waals surface area contributed by atoms with Crippen LogP contribution >= 0.6 is 0 Å². The molecule has 1 aliphatic heterocycles. The van der Waals surface area contributed by atoms with Gasteiger partial charge in [0.15, 0.2) is 0 Å². The minimum absolute atomic E-state index is 0.593. The number of nitrogens with two attached hydrogens (primary N) is 1. The van der Waals surface area contributed by atoms with Crippen molar-refractivity contribution in [2.75, 3.05) is 7.11 Å². The lowest BCUT2D eigenvalue weighted by molar-refractivity contribution is -0.0959. The average molecular weight is 270 g/mol. The molecule has 0 spiro atoms. The Morgan fingerprint density at radius 1 is 1.21 bits per heavy atom. The predicted molar refractivity (Wildman–Crippen MR) is 66.2 cm³/mol. The SMILES string of the molecule is COc1ccc(C2=CNC(C(F)(F)F)=CC2N)cc1. The van der Waals surface area contributed by atoms with Gasteiger partial charge in [0, 0.05) is 6.20 Å². The summed E-state index contributed by atoms with van der Waals surface area (Å²) in [6.07, 6.45) is -2.16. The summed E-state index contributed by atoms with van der Waals surface area (Å²) in [5.41, 5.74) is 6.26. The summed E-state index contributed by atoms with van der Waals surface area (Å²) in [6.45, 7) is 0. The van der Waals surface area contributed by atoms with Crippen molar-refractivity contribution in [3.05, 3.63) is 47.8 Å². The van der Waals surface area contributed by atoms with Crippen molar-refractivity contribution in [1.82, 2.24) is 5.32 Å². The molecule has 1 atom stereocenters. The van der Waals surface area contributed by atoms with E-state index in [2.05, 4.69) is 5.32 Å². The second-order valence-corrected chi connectivity index (χ2v) is 4.08. The van der Waals surface area contributed by atoms with Gasteiger partial charge in [-0.3, -0.25) is 0 Å². The Kier molecular flexibility index (Phi) is 3.53. The topological polar surface area (TPSA) is 47.3 Å². The second-order valence-electron chi connectivity index (χ2n) is 4.08. The van der Waals surface area contributed by atoms with Gasteiger partial charge in [0.25, 0.3) is 0 Å². The molecule has 102 valence electrons. The van der Waals surface area contributed by atoms with Crippen molar-refractivity contribution >= 4 is 5.57 Å². The number of alkyl halides is 3. The van der Waals surface area contributed by atoms with Crippen LogP contribution in [0, 0.1) is 0 Å². The van der Waals surface area contributed by atoms with Gasteiger partial charge in [0.2, 0.25) is 0 Å². The molecule has 0 fully saturated rings. The zero-order valence-electron chi connectivity index (χ0n) is 10.2. The lowest BCUT2D eigenvalue weighted by Gasteiger charge is -2.22. The molecular formula is C13H13F3N2O. The van der Waals surface area contributed by atoms with Crippen molar-refractivity contribution in [3.63, 3.8) is 0 Å². The van der Waals surface area contributed by atoms with Gasteiger partial charge in [-0.25, -0.2) is 0 Å². The Balaban J connectivity index is 2.22. The van der Waals surface area contributed by atoms with Crippen molar-refractivity contribution in [2.45, 2.75) is 12.2 Å². The number of halogens is 3. The van der Waals surface area contributed by atoms with Crippen LogP contribution in [0.3, 0.4) is 0 Å². The highest BCUT2D eigenvalue weighted by molar-refractivity contribution is 5.72. The highest BCUT2D eigenvalue weighted by Gasteiger charge is 2.35. The molecule has 3 N–H and O–H groups in total. The molecular weight excluding hydrogens is 257 g/mol. The summed E-state index contributed by atoms with van der Waals surface area (Å²) >= 11 is 0. The zero-order chi connectivity index (χ0) is 14.0. The Bertz CT molecular complexity index is 518. The summed E-state index contributed by atoms with van der Waals surface area (Å²) in [4.78, 5) is 0. The number of ether oxygens (including phenoxy) is 1. The predicted octanol–water partition coefficient (Wildman–Crippen LogP) is 2.41. The van der Waals surface area contributed by atoms with Crippen LogP contribution < -0.4 is 15.8 Å². The lowest BCUT2D eigenvalue weighted by Crippen LogP contribution is -2.32. The normalized spacial score (nSPS) is 19.3. The molecule has 1 aromatic rings. The van der Waals surface area contributed by atoms with Crippen molar-refractivity contribution in [2.24, 2.45) is 5.73 Å². The van der Waals surface area contributed by atoms with E-state index >= 15 is 0 Å². The van der Waals surface area contributed by atoms with E-state index in [0.29, 0.717) is 11.3 Å². The lowest BCUT2D eigenvalue weighted by atomic mass is 9.97. The van der Waals surface area contributed by atoms with E-state index in [9.17, 15) is 13.2 Å². The minimum Gasteiger partial charge on any atom is -0.497 e. The quantitative estimate of drug-likeness (QED) is 0.867. The first-order chi connectivity index (χ1) is 8.91. The van der Waals surface area contributed by atoms with Crippen molar-refractivity contribution in [3.8, 4) is 5.75 Å². The molecule has 0 saturated heterocycles. The molecule has 0 bridgehead atoms. The van der Waals surface area contributed by atoms with Gasteiger partial charge >= 0.3 is 6.18 Å². The van der Waals surface area contributed by atoms with Crippen LogP contribution in [0.2, 0.25) is 0 Å². The number of methoxy groups -OCH3 is 1. The maximum atomic E-state index is 12.5. The fourth-order valence-electron chi connectivity index (χ4n) is 1.80. The number of rotatable bonds is 2. The fraction of sp³-hybridized carbons (Fsp3) is 0.231. The first-order valence-corrected chi connectivity index (χ1v) is 5.57. The van der Waals surface area contributed by atoms with E-state index in [4.69, 9.17) is 10.5 Å². The monoisotopic (exact) mass is 270 g/mol. The largest absolute Gasteiger partial charge is 0.497 e. The van der Waals surface area contributed by atoms with Crippen LogP contribution in [0.25, 0.3) is 5.57 Å². The maximum absolute atomic E-state index is 12.5. The Morgan fingerprint density at radius 2 is 1.84 bits per heavy atom. The number of nitrogens with one attached hydrogen (secondary N) is 1. The fourth-order valence-corrected chi connectivity index (χ4v) is 1.80. The first-order valence-electron chi connectivity index (χ1n) is 5.57. The Labute approximate surface area is 108 Å². The van der Waals surface area contributed by atoms with Gasteiger partial charge in [-0.2, -0.15) is 13.2 Å². The van der Waals surface area contributed by atoms with Gasteiger partial charge in [0.05, 0.1) is 13.2 Å². The molecule has 1 aliphatic rings. The van der Waals surface area contributed by atoms with Crippen LogP contribution in [-0.4, -0.2) is 19.3 Å². The molecule has 6 heteroatoms. The average Bonchev–Trinajstić information content (AvgIpc) is 2.38. The van der Waals surface area contributed by atoms with Crippen LogP contribution in [0.4, 0.5) is 13.2 Å². The summed E-state index contributed by atoms with van der Waals surface area (Å²) in [7, 11) is 1.54. The number of benzene rings is 1. The summed E-state index contributed by atoms with van der Waals surface area (Å²) in [5, 5.41) is 2.23. The van der Waals surface area contributed by atoms with E-state index in [1.807, 2.05) is 0 Å². The van der Waals surface area contributed by atoms with Crippen LogP contribution in [0.15, 0.2) is 42.2 Å². The molecule has 0 saturated carbocycles. The number of allylic oxidation sites excluding steroid dienone is 1. The molecule has 0 aliphatic carbocycles. The molecule has 0 radical (unpaired) electrons. The third-order valence-corrected chi connectivity index (χ3v) is 2.82. The summed E-state index contributed by atoms with van der Waals surface area (Å²) in [6, 6.07) is 6.15. The molecule has 1 unspecified atom stereocenters. The third kappa shape index (κ3) is 2.90. The number of hydrogen-bond acceptors (Lipinski definition) is 3. The summed E-state index contributed by atoms with van der Waals surface area (Å²) in [5.74, 6) is 0.674. The van der Waals surface area contributed by atoms with E-state index in [0.717, 1.165) is 11.6 Å². The smallest absolute Gasteiger partial charge is 0.430 e. The van der Waals surface area contributed by atoms with Crippen LogP contribution in [0.5, 0.6) is 5.75 Å². The van der Waals surface area contributed by atoms with E-state index in [-0.39, 0.29) is 0 Å². The van der Waals surface area contributed by atoms with Gasteiger partial charge < -0.3 is 15.8 Å². The zero-order valence-corrected chi connectivity index (χ0v) is 10.2. The van der Waals surface area contributed by atoms with Gasteiger partial charge in [-0.15, -0.1) is 0 Å². The van der Waals surface area contributed by atoms with Gasteiger partial charge in [0.1, 0.15) is 11.4 Å². The Hall–Kier alpha value is -1.95. The van der Waals surface area contributed by atoms with Crippen molar-refractivity contribution in [1.29, 1.82) is 0 Å². The first kappa shape index (κ1) is 13.5. The van der Waals surface area contributed by atoms with E-state index in [1.54, 1.807) is 31.4 Å². The van der Waals surface area contributed by atoms with E-state index < -0.39 is 17.9 Å². The van der Waals surface area contributed by atoms with E-state index in [1.165, 1.54) is 6.20 Å². The molecule has 1 heterocycles. The van der Waals surface area contributed by atoms with Crippen molar-refractivity contribution < 1.29 is 17.9 Å². The molecule has 2 rings (SSSR count). The van der Waals surface area contributed by atoms with Gasteiger partial charge in [-0.1, -0.05) is 12.1 Å². The highest BCUT2D eigenvalue weighted by Crippen LogP contribution is 2.29. The molecule has 1 aromatic carbocycles. The molecule has 0 aromatic heterocycles. The standard InChI is InChI=1S/C13H13F3N2O/c1-19-9-4-2-8(3-5-9)10-7-18-12(6-11(10)17)13(14,15)16/h2-7,11,18H,17H2,1H3. The molecule has 3 nitrogen and oxygen atoms in total. The minimum atomic E-state index is -4.42.